The van der Waals surface area contributed by atoms with E-state index in [0.717, 1.165) is 14.0 Å². The number of barbiturate groups is 1. The first-order chi connectivity index (χ1) is 16.8. The topological polar surface area (TPSA) is 84.9 Å². The number of carbonyl (C=O) groups is 3. The van der Waals surface area contributed by atoms with Crippen LogP contribution in [0.5, 0.6) is 11.5 Å². The Bertz CT molecular complexity index is 1340. The maximum absolute atomic E-state index is 13.1. The monoisotopic (exact) mass is 622 g/mol. The molecule has 4 rings (SSSR count). The Kier molecular flexibility index (Phi) is 7.63. The summed E-state index contributed by atoms with van der Waals surface area (Å²) in [5.41, 5.74) is 1.39. The molecule has 1 aliphatic heterocycles. The van der Waals surface area contributed by atoms with E-state index in [1.54, 1.807) is 12.1 Å². The number of hydrogen-bond donors (Lipinski definition) is 1. The van der Waals surface area contributed by atoms with Gasteiger partial charge in [-0.2, -0.15) is 0 Å². The van der Waals surface area contributed by atoms with Gasteiger partial charge in [-0.05, 0) is 88.3 Å². The van der Waals surface area contributed by atoms with Crippen molar-refractivity contribution in [1.29, 1.82) is 0 Å². The van der Waals surface area contributed by atoms with Gasteiger partial charge < -0.3 is 9.47 Å². The van der Waals surface area contributed by atoms with E-state index >= 15 is 0 Å². The van der Waals surface area contributed by atoms with Crippen LogP contribution in [0.1, 0.15) is 11.1 Å². The smallest absolute Gasteiger partial charge is 0.335 e. The van der Waals surface area contributed by atoms with Crippen molar-refractivity contribution >= 4 is 75.4 Å². The molecule has 4 amide bonds. The zero-order valence-corrected chi connectivity index (χ0v) is 21.8. The molecule has 3 aromatic carbocycles. The Morgan fingerprint density at radius 2 is 1.69 bits per heavy atom. The lowest BCUT2D eigenvalue weighted by Gasteiger charge is -2.26. The van der Waals surface area contributed by atoms with Crippen molar-refractivity contribution in [3.05, 3.63) is 91.0 Å². The Labute approximate surface area is 224 Å². The lowest BCUT2D eigenvalue weighted by Crippen LogP contribution is -2.54. The summed E-state index contributed by atoms with van der Waals surface area (Å²) in [6, 6.07) is 16.2. The highest BCUT2D eigenvalue weighted by Gasteiger charge is 2.36. The van der Waals surface area contributed by atoms with Crippen molar-refractivity contribution in [2.45, 2.75) is 6.61 Å². The molecule has 178 valence electrons. The average Bonchev–Trinajstić information content (AvgIpc) is 2.83. The van der Waals surface area contributed by atoms with E-state index in [9.17, 15) is 14.4 Å². The highest BCUT2D eigenvalue weighted by Crippen LogP contribution is 2.38. The van der Waals surface area contributed by atoms with Crippen LogP contribution in [0.25, 0.3) is 6.08 Å². The normalized spacial score (nSPS) is 14.8. The number of anilines is 1. The fourth-order valence-electron chi connectivity index (χ4n) is 3.35. The molecule has 7 nitrogen and oxygen atoms in total. The summed E-state index contributed by atoms with van der Waals surface area (Å²) < 4.78 is 12.4. The lowest BCUT2D eigenvalue weighted by molar-refractivity contribution is -0.122. The van der Waals surface area contributed by atoms with Crippen LogP contribution >= 0.6 is 45.8 Å². The summed E-state index contributed by atoms with van der Waals surface area (Å²) in [7, 11) is 1.46. The number of imide groups is 2. The van der Waals surface area contributed by atoms with Crippen LogP contribution in [-0.4, -0.2) is 25.0 Å². The molecule has 0 aliphatic carbocycles. The van der Waals surface area contributed by atoms with E-state index in [2.05, 4.69) is 27.9 Å². The summed E-state index contributed by atoms with van der Waals surface area (Å²) in [6.07, 6.45) is 1.34. The molecular weight excluding hydrogens is 606 g/mol. The largest absolute Gasteiger partial charge is 0.493 e. The van der Waals surface area contributed by atoms with Gasteiger partial charge in [0.25, 0.3) is 11.8 Å². The first-order valence-corrected chi connectivity index (χ1v) is 12.0. The second kappa shape index (κ2) is 10.7. The van der Waals surface area contributed by atoms with Crippen molar-refractivity contribution in [2.75, 3.05) is 12.0 Å². The zero-order chi connectivity index (χ0) is 25.1. The van der Waals surface area contributed by atoms with Gasteiger partial charge in [-0.1, -0.05) is 35.3 Å². The van der Waals surface area contributed by atoms with Gasteiger partial charge in [0.05, 0.1) is 17.8 Å². The van der Waals surface area contributed by atoms with E-state index in [0.29, 0.717) is 22.1 Å². The van der Waals surface area contributed by atoms with E-state index in [4.69, 9.17) is 32.7 Å². The molecule has 0 aromatic heterocycles. The van der Waals surface area contributed by atoms with Crippen LogP contribution in [0.15, 0.2) is 66.2 Å². The first-order valence-electron chi connectivity index (χ1n) is 10.2. The van der Waals surface area contributed by atoms with Crippen molar-refractivity contribution < 1.29 is 23.9 Å². The van der Waals surface area contributed by atoms with Crippen molar-refractivity contribution in [3.8, 4) is 11.5 Å². The van der Waals surface area contributed by atoms with Crippen molar-refractivity contribution in [3.63, 3.8) is 0 Å². The maximum atomic E-state index is 13.1. The number of rotatable bonds is 6. The lowest BCUT2D eigenvalue weighted by atomic mass is 10.1. The van der Waals surface area contributed by atoms with Gasteiger partial charge in [-0.3, -0.25) is 14.9 Å². The molecule has 35 heavy (non-hydrogen) atoms. The number of hydrogen-bond acceptors (Lipinski definition) is 5. The third-order valence-electron chi connectivity index (χ3n) is 5.05. The fraction of sp³-hybridized carbons (Fsp3) is 0.0800. The standard InChI is InChI=1S/C25H17Cl2IN2O5/c1-34-21-12-15(11-20(27)22(21)35-13-14-2-6-17(28)7-3-14)10-19-23(31)29-25(33)30(24(19)32)18-8-4-16(26)5-9-18/h2-12H,13H2,1H3,(H,29,31,33)/b19-10+. The van der Waals surface area contributed by atoms with E-state index in [1.807, 2.05) is 24.3 Å². The Morgan fingerprint density at radius 3 is 2.34 bits per heavy atom. The van der Waals surface area contributed by atoms with Gasteiger partial charge in [-0.25, -0.2) is 9.69 Å². The Hall–Kier alpha value is -3.08. The fourth-order valence-corrected chi connectivity index (χ4v) is 4.11. The van der Waals surface area contributed by atoms with E-state index < -0.39 is 17.8 Å². The van der Waals surface area contributed by atoms with Crippen LogP contribution < -0.4 is 19.7 Å². The van der Waals surface area contributed by atoms with Crippen LogP contribution in [0, 0.1) is 3.57 Å². The molecule has 10 heteroatoms. The van der Waals surface area contributed by atoms with Crippen molar-refractivity contribution in [1.82, 2.24) is 5.32 Å². The molecule has 0 radical (unpaired) electrons. The Morgan fingerprint density at radius 1 is 1.00 bits per heavy atom. The summed E-state index contributed by atoms with van der Waals surface area (Å²) >= 11 is 14.6. The number of carbonyl (C=O) groups excluding carboxylic acids is 3. The highest BCUT2D eigenvalue weighted by molar-refractivity contribution is 14.1. The van der Waals surface area contributed by atoms with Gasteiger partial charge in [0.15, 0.2) is 11.5 Å². The quantitative estimate of drug-likeness (QED) is 0.212. The highest BCUT2D eigenvalue weighted by atomic mass is 127. The predicted molar refractivity (Wildman–Crippen MR) is 142 cm³/mol. The van der Waals surface area contributed by atoms with Gasteiger partial charge in [0.2, 0.25) is 0 Å². The number of amides is 4. The van der Waals surface area contributed by atoms with Crippen molar-refractivity contribution in [2.24, 2.45) is 0 Å². The van der Waals surface area contributed by atoms with Gasteiger partial charge in [0.1, 0.15) is 12.2 Å². The number of methoxy groups -OCH3 is 1. The van der Waals surface area contributed by atoms with Crippen LogP contribution in [0.4, 0.5) is 10.5 Å². The number of nitrogens with zero attached hydrogens (tertiary/aromatic N) is 1. The second-order valence-corrected chi connectivity index (χ2v) is 9.47. The van der Waals surface area contributed by atoms with Crippen LogP contribution in [0.2, 0.25) is 10.0 Å². The molecule has 1 N–H and O–H groups in total. The number of benzene rings is 3. The van der Waals surface area contributed by atoms with Gasteiger partial charge in [0, 0.05) is 8.59 Å². The molecule has 1 fully saturated rings. The van der Waals surface area contributed by atoms with E-state index in [1.165, 1.54) is 37.5 Å². The third kappa shape index (κ3) is 5.61. The predicted octanol–water partition coefficient (Wildman–Crippen LogP) is 5.85. The summed E-state index contributed by atoms with van der Waals surface area (Å²) in [4.78, 5) is 38.8. The van der Waals surface area contributed by atoms with E-state index in [-0.39, 0.29) is 22.9 Å². The number of ether oxygens (including phenoxy) is 2. The zero-order valence-electron chi connectivity index (χ0n) is 18.2. The molecule has 0 saturated carbocycles. The molecule has 0 spiro atoms. The molecule has 0 atom stereocenters. The molecule has 3 aromatic rings. The molecule has 1 saturated heterocycles. The number of urea groups is 1. The summed E-state index contributed by atoms with van der Waals surface area (Å²) in [5.74, 6) is -0.953. The summed E-state index contributed by atoms with van der Waals surface area (Å²) in [5, 5.41) is 2.85. The molecule has 1 aliphatic rings. The SMILES string of the molecule is COc1cc(/C=C2\C(=O)NC(=O)N(c3ccc(Cl)cc3)C2=O)cc(Cl)c1OCc1ccc(I)cc1. The maximum Gasteiger partial charge on any atom is 0.335 e. The first kappa shape index (κ1) is 25.0. The van der Waals surface area contributed by atoms with Crippen LogP contribution in [-0.2, 0) is 16.2 Å². The molecular formula is C25H17Cl2IN2O5. The second-order valence-electron chi connectivity index (χ2n) is 7.38. The number of nitrogens with one attached hydrogen (secondary N) is 1. The number of halogens is 3. The summed E-state index contributed by atoms with van der Waals surface area (Å²) in [6.45, 7) is 0.270. The average molecular weight is 623 g/mol. The Balaban J connectivity index is 1.63. The molecule has 0 unspecified atom stereocenters. The third-order valence-corrected chi connectivity index (χ3v) is 6.30. The van der Waals surface area contributed by atoms with Crippen LogP contribution in [0.3, 0.4) is 0 Å². The molecule has 1 heterocycles. The van der Waals surface area contributed by atoms with Gasteiger partial charge in [-0.15, -0.1) is 0 Å². The minimum atomic E-state index is -0.852. The minimum absolute atomic E-state index is 0.232. The minimum Gasteiger partial charge on any atom is -0.493 e. The molecule has 0 bridgehead atoms. The van der Waals surface area contributed by atoms with Gasteiger partial charge >= 0.3 is 6.03 Å².